The van der Waals surface area contributed by atoms with E-state index in [-0.39, 0.29) is 5.78 Å². The van der Waals surface area contributed by atoms with Crippen molar-refractivity contribution in [3.63, 3.8) is 0 Å². The van der Waals surface area contributed by atoms with Gasteiger partial charge in [0.1, 0.15) is 11.4 Å². The first kappa shape index (κ1) is 26.7. The van der Waals surface area contributed by atoms with E-state index in [2.05, 4.69) is 20.5 Å². The van der Waals surface area contributed by atoms with Crippen molar-refractivity contribution in [3.8, 4) is 11.3 Å². The molecule has 0 bridgehead atoms. The average molecular weight is 562 g/mol. The first-order valence-electron chi connectivity index (χ1n) is 12.5. The molecule has 3 aromatic carbocycles. The van der Waals surface area contributed by atoms with Crippen molar-refractivity contribution in [1.82, 2.24) is 25.2 Å². The fourth-order valence-corrected chi connectivity index (χ4v) is 4.81. The summed E-state index contributed by atoms with van der Waals surface area (Å²) in [6, 6.07) is 21.6. The third-order valence-corrected chi connectivity index (χ3v) is 7.10. The number of fused-ring (bicyclic) bond motifs is 1. The van der Waals surface area contributed by atoms with Crippen molar-refractivity contribution in [2.45, 2.75) is 19.4 Å². The largest absolute Gasteiger partial charge is 0.381 e. The van der Waals surface area contributed by atoms with Gasteiger partial charge in [0, 0.05) is 41.8 Å². The summed E-state index contributed by atoms with van der Waals surface area (Å²) in [7, 11) is 0. The van der Waals surface area contributed by atoms with E-state index in [1.165, 1.54) is 0 Å². The molecule has 1 aliphatic rings. The lowest BCUT2D eigenvalue weighted by Gasteiger charge is -2.22. The highest BCUT2D eigenvalue weighted by Gasteiger charge is 2.26. The Morgan fingerprint density at radius 2 is 1.74 bits per heavy atom. The van der Waals surface area contributed by atoms with Gasteiger partial charge in [-0.15, -0.1) is 5.10 Å². The molecule has 0 radical (unpaired) electrons. The van der Waals surface area contributed by atoms with Crippen molar-refractivity contribution < 1.29 is 14.3 Å². The van der Waals surface area contributed by atoms with E-state index < -0.39 is 5.24 Å². The Kier molecular flexibility index (Phi) is 8.46. The Bertz CT molecular complexity index is 1590. The molecule has 0 atom stereocenters. The Morgan fingerprint density at radius 1 is 1.00 bits per heavy atom. The highest BCUT2D eigenvalue weighted by molar-refractivity contribution is 6.67. The molecule has 0 saturated carbocycles. The van der Waals surface area contributed by atoms with Gasteiger partial charge in [0.2, 0.25) is 5.78 Å². The van der Waals surface area contributed by atoms with Crippen LogP contribution in [-0.4, -0.2) is 49.4 Å². The SMILES string of the molecule is O=C(Cl)c1ccccc1.O=C(c1ccccc1Cl)c1c(-c2ccc3[nH]ncc3c2)nnn1CC1CCOCC1. The maximum absolute atomic E-state index is 13.6. The molecule has 3 heterocycles. The van der Waals surface area contributed by atoms with Gasteiger partial charge >= 0.3 is 0 Å². The lowest BCUT2D eigenvalue weighted by Crippen LogP contribution is -2.23. The fourth-order valence-electron chi connectivity index (χ4n) is 4.47. The van der Waals surface area contributed by atoms with Crippen molar-refractivity contribution in [2.24, 2.45) is 5.92 Å². The lowest BCUT2D eigenvalue weighted by atomic mass is 9.99. The number of benzene rings is 3. The molecule has 8 nitrogen and oxygen atoms in total. The second-order valence-corrected chi connectivity index (χ2v) is 9.90. The average Bonchev–Trinajstić information content (AvgIpc) is 3.61. The molecule has 1 fully saturated rings. The summed E-state index contributed by atoms with van der Waals surface area (Å²) in [5.74, 6) is 0.211. The summed E-state index contributed by atoms with van der Waals surface area (Å²) in [5, 5.41) is 16.7. The van der Waals surface area contributed by atoms with Crippen LogP contribution >= 0.6 is 23.2 Å². The minimum atomic E-state index is -0.407. The molecule has 1 N–H and O–H groups in total. The summed E-state index contributed by atoms with van der Waals surface area (Å²) in [6.45, 7) is 2.09. The van der Waals surface area contributed by atoms with Gasteiger partial charge in [-0.1, -0.05) is 65.3 Å². The molecular weight excluding hydrogens is 537 g/mol. The maximum Gasteiger partial charge on any atom is 0.252 e. The van der Waals surface area contributed by atoms with Crippen LogP contribution in [0.3, 0.4) is 0 Å². The van der Waals surface area contributed by atoms with Gasteiger partial charge in [-0.25, -0.2) is 4.68 Å². The Morgan fingerprint density at radius 3 is 2.46 bits per heavy atom. The minimum Gasteiger partial charge on any atom is -0.381 e. The van der Waals surface area contributed by atoms with Crippen LogP contribution in [0.25, 0.3) is 22.2 Å². The van der Waals surface area contributed by atoms with E-state index in [1.807, 2.05) is 36.4 Å². The molecule has 10 heteroatoms. The van der Waals surface area contributed by atoms with E-state index in [4.69, 9.17) is 27.9 Å². The van der Waals surface area contributed by atoms with Gasteiger partial charge in [0.05, 0.1) is 16.7 Å². The molecule has 5 aromatic rings. The van der Waals surface area contributed by atoms with E-state index in [1.54, 1.807) is 47.3 Å². The topological polar surface area (TPSA) is 103 Å². The summed E-state index contributed by atoms with van der Waals surface area (Å²) in [6.07, 6.45) is 3.63. The van der Waals surface area contributed by atoms with Crippen LogP contribution in [0.2, 0.25) is 5.02 Å². The third kappa shape index (κ3) is 6.25. The van der Waals surface area contributed by atoms with Crippen molar-refractivity contribution in [3.05, 3.63) is 101 Å². The number of aromatic nitrogens is 5. The predicted octanol–water partition coefficient (Wildman–Crippen LogP) is 6.20. The zero-order valence-electron chi connectivity index (χ0n) is 20.9. The number of hydrogen-bond donors (Lipinski definition) is 1. The summed E-state index contributed by atoms with van der Waals surface area (Å²) < 4.78 is 7.20. The molecule has 6 rings (SSSR count). The molecule has 0 unspecified atom stereocenters. The number of ketones is 1. The molecular formula is C29H25Cl2N5O3. The Balaban J connectivity index is 0.000000292. The summed E-state index contributed by atoms with van der Waals surface area (Å²) >= 11 is 11.5. The van der Waals surface area contributed by atoms with Crippen LogP contribution in [0, 0.1) is 5.92 Å². The molecule has 0 aliphatic carbocycles. The van der Waals surface area contributed by atoms with Crippen LogP contribution in [0.4, 0.5) is 0 Å². The highest BCUT2D eigenvalue weighted by Crippen LogP contribution is 2.29. The lowest BCUT2D eigenvalue weighted by molar-refractivity contribution is 0.0596. The second kappa shape index (κ2) is 12.3. The van der Waals surface area contributed by atoms with Crippen LogP contribution in [0.5, 0.6) is 0 Å². The zero-order valence-corrected chi connectivity index (χ0v) is 22.4. The first-order valence-corrected chi connectivity index (χ1v) is 13.3. The predicted molar refractivity (Wildman–Crippen MR) is 150 cm³/mol. The van der Waals surface area contributed by atoms with E-state index in [0.717, 1.165) is 42.5 Å². The molecule has 0 amide bonds. The van der Waals surface area contributed by atoms with E-state index >= 15 is 0 Å². The quantitative estimate of drug-likeness (QED) is 0.195. The molecule has 1 aliphatic heterocycles. The summed E-state index contributed by atoms with van der Waals surface area (Å²) in [4.78, 5) is 24.0. The fraction of sp³-hybridized carbons (Fsp3) is 0.207. The van der Waals surface area contributed by atoms with Gasteiger partial charge in [-0.3, -0.25) is 14.7 Å². The van der Waals surface area contributed by atoms with E-state index in [0.29, 0.717) is 40.0 Å². The van der Waals surface area contributed by atoms with Crippen LogP contribution in [-0.2, 0) is 11.3 Å². The van der Waals surface area contributed by atoms with Crippen molar-refractivity contribution in [2.75, 3.05) is 13.2 Å². The van der Waals surface area contributed by atoms with Gasteiger partial charge in [-0.05, 0) is 54.6 Å². The number of nitrogens with one attached hydrogen (secondary N) is 1. The van der Waals surface area contributed by atoms with Gasteiger partial charge < -0.3 is 4.74 Å². The Labute approximate surface area is 234 Å². The maximum atomic E-state index is 13.6. The van der Waals surface area contributed by atoms with Crippen LogP contribution in [0.1, 0.15) is 39.3 Å². The van der Waals surface area contributed by atoms with Gasteiger partial charge in [-0.2, -0.15) is 5.10 Å². The van der Waals surface area contributed by atoms with Crippen molar-refractivity contribution >= 4 is 45.1 Å². The molecule has 198 valence electrons. The Hall–Kier alpha value is -3.85. The number of carbonyl (C=O) groups excluding carboxylic acids is 2. The number of aromatic amines is 1. The van der Waals surface area contributed by atoms with E-state index in [9.17, 15) is 9.59 Å². The number of H-pyrrole nitrogens is 1. The zero-order chi connectivity index (χ0) is 27.2. The molecule has 0 spiro atoms. The molecule has 1 saturated heterocycles. The third-order valence-electron chi connectivity index (χ3n) is 6.56. The normalized spacial score (nSPS) is 13.6. The standard InChI is InChI=1S/C22H20ClN5O2.C7H5ClO/c23-18-4-2-1-3-17(18)22(29)21-20(15-5-6-19-16(11-15)12-24-25-19)26-27-28(21)13-14-7-9-30-10-8-14;8-7(9)6-4-2-1-3-5-6/h1-6,11-12,14H,7-10,13H2,(H,24,25);1-5H. The second-order valence-electron chi connectivity index (χ2n) is 9.15. The number of rotatable bonds is 6. The summed E-state index contributed by atoms with van der Waals surface area (Å²) in [5.41, 5.74) is 3.73. The monoisotopic (exact) mass is 561 g/mol. The number of nitrogens with zero attached hydrogens (tertiary/aromatic N) is 4. The van der Waals surface area contributed by atoms with Gasteiger partial charge in [0.25, 0.3) is 5.24 Å². The minimum absolute atomic E-state index is 0.181. The number of ether oxygens (including phenoxy) is 1. The number of halogens is 2. The molecule has 2 aromatic heterocycles. The van der Waals surface area contributed by atoms with Crippen LogP contribution in [0.15, 0.2) is 79.0 Å². The van der Waals surface area contributed by atoms with Gasteiger partial charge in [0.15, 0.2) is 0 Å². The smallest absolute Gasteiger partial charge is 0.252 e. The first-order chi connectivity index (χ1) is 19.0. The van der Waals surface area contributed by atoms with Crippen LogP contribution < -0.4 is 0 Å². The molecule has 39 heavy (non-hydrogen) atoms. The van der Waals surface area contributed by atoms with Crippen molar-refractivity contribution in [1.29, 1.82) is 0 Å². The number of carbonyl (C=O) groups is 2. The number of hydrogen-bond acceptors (Lipinski definition) is 6. The highest BCUT2D eigenvalue weighted by atomic mass is 35.5.